The predicted octanol–water partition coefficient (Wildman–Crippen LogP) is 3.63. The second-order valence-corrected chi connectivity index (χ2v) is 7.26. The average molecular weight is 322 g/mol. The molecule has 2 N–H and O–H groups in total. The Morgan fingerprint density at radius 3 is 2.65 bits per heavy atom. The highest BCUT2D eigenvalue weighted by molar-refractivity contribution is 7.10. The Bertz CT molecular complexity index is 682. The molecule has 0 aliphatic rings. The fourth-order valence-electron chi connectivity index (χ4n) is 2.03. The quantitative estimate of drug-likeness (QED) is 0.728. The molecule has 0 aromatic carbocycles. The van der Waals surface area contributed by atoms with Gasteiger partial charge in [0.1, 0.15) is 0 Å². The smallest absolute Gasteiger partial charge is 0.304 e. The first kappa shape index (κ1) is 13.8. The van der Waals surface area contributed by atoms with Crippen LogP contribution in [-0.2, 0) is 13.0 Å². The molecule has 1 unspecified atom stereocenters. The number of hydrogen-bond donors (Lipinski definition) is 2. The molecule has 3 heterocycles. The van der Waals surface area contributed by atoms with Gasteiger partial charge in [0.05, 0.1) is 0 Å². The lowest BCUT2D eigenvalue weighted by atomic mass is 10.1. The van der Waals surface area contributed by atoms with Gasteiger partial charge in [-0.15, -0.1) is 22.7 Å². The molecule has 0 saturated carbocycles. The van der Waals surface area contributed by atoms with E-state index in [4.69, 9.17) is 0 Å². The van der Waals surface area contributed by atoms with E-state index in [2.05, 4.69) is 45.3 Å². The van der Waals surface area contributed by atoms with Crippen LogP contribution in [0.4, 0.5) is 0 Å². The molecule has 104 valence electrons. The van der Waals surface area contributed by atoms with E-state index in [1.807, 2.05) is 5.38 Å². The molecule has 3 aromatic heterocycles. The van der Waals surface area contributed by atoms with Crippen LogP contribution >= 0.6 is 34.0 Å². The van der Waals surface area contributed by atoms with Crippen LogP contribution in [-0.4, -0.2) is 4.98 Å². The number of aromatic nitrogens is 1. The van der Waals surface area contributed by atoms with E-state index in [1.165, 1.54) is 21.1 Å². The lowest BCUT2D eigenvalue weighted by Gasteiger charge is -2.16. The summed E-state index contributed by atoms with van der Waals surface area (Å²) < 4.78 is 0. The highest BCUT2D eigenvalue weighted by atomic mass is 32.1. The van der Waals surface area contributed by atoms with Gasteiger partial charge in [-0.05, 0) is 22.9 Å². The van der Waals surface area contributed by atoms with Crippen molar-refractivity contribution in [1.82, 2.24) is 10.3 Å². The molecule has 3 nitrogen and oxygen atoms in total. The van der Waals surface area contributed by atoms with Crippen molar-refractivity contribution >= 4 is 34.0 Å². The molecule has 0 radical (unpaired) electrons. The summed E-state index contributed by atoms with van der Waals surface area (Å²) in [6.07, 6.45) is 0.979. The van der Waals surface area contributed by atoms with Crippen LogP contribution in [0.15, 0.2) is 45.2 Å². The van der Waals surface area contributed by atoms with Gasteiger partial charge in [0, 0.05) is 39.8 Å². The van der Waals surface area contributed by atoms with Crippen molar-refractivity contribution in [3.63, 3.8) is 0 Å². The van der Waals surface area contributed by atoms with Crippen molar-refractivity contribution in [1.29, 1.82) is 0 Å². The molecular weight excluding hydrogens is 308 g/mol. The average Bonchev–Trinajstić information content (AvgIpc) is 3.17. The Kier molecular flexibility index (Phi) is 4.47. The Morgan fingerprint density at radius 2 is 2.00 bits per heavy atom. The van der Waals surface area contributed by atoms with Gasteiger partial charge >= 0.3 is 4.87 Å². The SMILES string of the molecule is O=c1[nH]c(CNC(Cc2cccs2)c2cccs2)cs1. The summed E-state index contributed by atoms with van der Waals surface area (Å²) in [4.78, 5) is 16.7. The molecular formula is C14H14N2OS3. The van der Waals surface area contributed by atoms with Crippen molar-refractivity contribution in [2.24, 2.45) is 0 Å². The van der Waals surface area contributed by atoms with E-state index < -0.39 is 0 Å². The number of nitrogens with one attached hydrogen (secondary N) is 2. The van der Waals surface area contributed by atoms with Gasteiger partial charge in [0.2, 0.25) is 0 Å². The third-order valence-electron chi connectivity index (χ3n) is 2.98. The monoisotopic (exact) mass is 322 g/mol. The predicted molar refractivity (Wildman–Crippen MR) is 86.9 cm³/mol. The van der Waals surface area contributed by atoms with Crippen molar-refractivity contribution in [3.8, 4) is 0 Å². The number of aromatic amines is 1. The van der Waals surface area contributed by atoms with Gasteiger partial charge in [-0.2, -0.15) is 0 Å². The van der Waals surface area contributed by atoms with Gasteiger partial charge in [-0.3, -0.25) is 4.79 Å². The topological polar surface area (TPSA) is 44.9 Å². The minimum absolute atomic E-state index is 0.00716. The fourth-order valence-corrected chi connectivity index (χ4v) is 4.16. The lowest BCUT2D eigenvalue weighted by Crippen LogP contribution is -2.22. The van der Waals surface area contributed by atoms with Gasteiger partial charge in [0.25, 0.3) is 0 Å². The van der Waals surface area contributed by atoms with E-state index >= 15 is 0 Å². The second kappa shape index (κ2) is 6.49. The van der Waals surface area contributed by atoms with Crippen LogP contribution in [0.5, 0.6) is 0 Å². The molecule has 0 fully saturated rings. The Balaban J connectivity index is 1.70. The molecule has 0 aliphatic heterocycles. The van der Waals surface area contributed by atoms with Crippen molar-refractivity contribution in [2.45, 2.75) is 19.0 Å². The highest BCUT2D eigenvalue weighted by Crippen LogP contribution is 2.25. The number of hydrogen-bond acceptors (Lipinski definition) is 5. The van der Waals surface area contributed by atoms with Gasteiger partial charge in [-0.1, -0.05) is 23.5 Å². The van der Waals surface area contributed by atoms with Gasteiger partial charge in [0.15, 0.2) is 0 Å². The first-order valence-corrected chi connectivity index (χ1v) is 8.91. The molecule has 20 heavy (non-hydrogen) atoms. The standard InChI is InChI=1S/C14H14N2OS3/c17-14-16-10(9-20-14)8-15-12(13-4-2-6-19-13)7-11-3-1-5-18-11/h1-6,9,12,15H,7-8H2,(H,16,17). The molecule has 6 heteroatoms. The van der Waals surface area contributed by atoms with Crippen LogP contribution in [0, 0.1) is 0 Å². The van der Waals surface area contributed by atoms with Gasteiger partial charge < -0.3 is 10.3 Å². The molecule has 0 saturated heterocycles. The summed E-state index contributed by atoms with van der Waals surface area (Å²) in [7, 11) is 0. The largest absolute Gasteiger partial charge is 0.315 e. The van der Waals surface area contributed by atoms with Crippen LogP contribution in [0.3, 0.4) is 0 Å². The summed E-state index contributed by atoms with van der Waals surface area (Å²) >= 11 is 4.76. The zero-order valence-electron chi connectivity index (χ0n) is 10.7. The first-order valence-electron chi connectivity index (χ1n) is 6.27. The normalized spacial score (nSPS) is 12.6. The Labute approximate surface area is 128 Å². The van der Waals surface area contributed by atoms with E-state index in [0.717, 1.165) is 12.1 Å². The number of thiazole rings is 1. The van der Waals surface area contributed by atoms with E-state index in [1.54, 1.807) is 22.7 Å². The summed E-state index contributed by atoms with van der Waals surface area (Å²) in [5.74, 6) is 0. The third kappa shape index (κ3) is 3.46. The van der Waals surface area contributed by atoms with Crippen molar-refractivity contribution in [2.75, 3.05) is 0 Å². The maximum atomic E-state index is 11.2. The van der Waals surface area contributed by atoms with E-state index in [-0.39, 0.29) is 10.9 Å². The molecule has 0 spiro atoms. The number of thiophene rings is 2. The lowest BCUT2D eigenvalue weighted by molar-refractivity contribution is 0.536. The minimum Gasteiger partial charge on any atom is -0.315 e. The Morgan fingerprint density at radius 1 is 1.15 bits per heavy atom. The van der Waals surface area contributed by atoms with Crippen LogP contribution in [0.1, 0.15) is 21.5 Å². The molecule has 0 amide bonds. The maximum absolute atomic E-state index is 11.2. The minimum atomic E-state index is 0.00716. The molecule has 3 rings (SSSR count). The van der Waals surface area contributed by atoms with Crippen LogP contribution < -0.4 is 10.2 Å². The van der Waals surface area contributed by atoms with Crippen LogP contribution in [0.25, 0.3) is 0 Å². The molecule has 1 atom stereocenters. The van der Waals surface area contributed by atoms with E-state index in [9.17, 15) is 4.79 Å². The Hall–Kier alpha value is -1.21. The molecule has 0 aliphatic carbocycles. The summed E-state index contributed by atoms with van der Waals surface area (Å²) in [5.41, 5.74) is 0.952. The second-order valence-electron chi connectivity index (χ2n) is 4.41. The summed E-state index contributed by atoms with van der Waals surface area (Å²) in [5, 5.41) is 9.63. The number of H-pyrrole nitrogens is 1. The van der Waals surface area contributed by atoms with E-state index in [0.29, 0.717) is 6.54 Å². The van der Waals surface area contributed by atoms with Crippen LogP contribution in [0.2, 0.25) is 0 Å². The first-order chi connectivity index (χ1) is 9.81. The zero-order valence-corrected chi connectivity index (χ0v) is 13.1. The molecule has 3 aromatic rings. The fraction of sp³-hybridized carbons (Fsp3) is 0.214. The van der Waals surface area contributed by atoms with Crippen molar-refractivity contribution in [3.05, 3.63) is 65.5 Å². The summed E-state index contributed by atoms with van der Waals surface area (Å²) in [6, 6.07) is 8.78. The highest BCUT2D eigenvalue weighted by Gasteiger charge is 2.14. The molecule has 0 bridgehead atoms. The van der Waals surface area contributed by atoms with Crippen molar-refractivity contribution < 1.29 is 0 Å². The number of rotatable bonds is 6. The maximum Gasteiger partial charge on any atom is 0.304 e. The van der Waals surface area contributed by atoms with Gasteiger partial charge in [-0.25, -0.2) is 0 Å². The summed E-state index contributed by atoms with van der Waals surface area (Å²) in [6.45, 7) is 0.687. The third-order valence-corrected chi connectivity index (χ3v) is 5.58. The zero-order chi connectivity index (χ0) is 13.8.